The van der Waals surface area contributed by atoms with Crippen LogP contribution in [0.2, 0.25) is 5.02 Å². The van der Waals surface area contributed by atoms with E-state index < -0.39 is 28.5 Å². The van der Waals surface area contributed by atoms with Crippen LogP contribution in [-0.4, -0.2) is 58.5 Å². The van der Waals surface area contributed by atoms with Crippen molar-refractivity contribution in [3.8, 4) is 11.5 Å². The summed E-state index contributed by atoms with van der Waals surface area (Å²) in [5, 5.41) is 3.14. The third-order valence-electron chi connectivity index (χ3n) is 6.05. The number of ether oxygens (including phenoxy) is 2. The second-order valence-corrected chi connectivity index (χ2v) is 10.9. The molecule has 0 bridgehead atoms. The van der Waals surface area contributed by atoms with Crippen LogP contribution in [0.25, 0.3) is 0 Å². The maximum absolute atomic E-state index is 14.0. The zero-order valence-corrected chi connectivity index (χ0v) is 23.8. The lowest BCUT2D eigenvalue weighted by atomic mass is 10.1. The fourth-order valence-corrected chi connectivity index (χ4v) is 5.48. The van der Waals surface area contributed by atoms with Crippen molar-refractivity contribution in [3.63, 3.8) is 0 Å². The van der Waals surface area contributed by atoms with E-state index in [0.29, 0.717) is 17.3 Å². The molecule has 0 aromatic heterocycles. The summed E-state index contributed by atoms with van der Waals surface area (Å²) in [5.41, 5.74) is 1.02. The number of likely N-dealkylation sites (N-methyl/N-ethyl adjacent to an activating group) is 1. The molecule has 1 N–H and O–H groups in total. The minimum absolute atomic E-state index is 0.103. The summed E-state index contributed by atoms with van der Waals surface area (Å²) >= 11 is 6.06. The highest BCUT2D eigenvalue weighted by Gasteiger charge is 2.33. The Bertz CT molecular complexity index is 1380. The summed E-state index contributed by atoms with van der Waals surface area (Å²) in [6.07, 6.45) is 0. The third kappa shape index (κ3) is 7.21. The van der Waals surface area contributed by atoms with Crippen molar-refractivity contribution >= 4 is 39.1 Å². The Morgan fingerprint density at radius 2 is 1.59 bits per heavy atom. The van der Waals surface area contributed by atoms with E-state index >= 15 is 0 Å². The molecule has 9 nitrogen and oxygen atoms in total. The number of hydrogen-bond acceptors (Lipinski definition) is 6. The van der Waals surface area contributed by atoms with Crippen LogP contribution in [0.5, 0.6) is 11.5 Å². The molecule has 0 heterocycles. The molecule has 0 aliphatic rings. The van der Waals surface area contributed by atoms with Gasteiger partial charge in [0, 0.05) is 24.2 Å². The Morgan fingerprint density at radius 1 is 0.949 bits per heavy atom. The molecule has 1 atom stereocenters. The molecule has 39 heavy (non-hydrogen) atoms. The SMILES string of the molecule is CCNC(=O)C(C)N(Cc1ccccc1)C(=O)CN(c1ccc(Cl)cc1)S(=O)(=O)c1ccc(OC)c(OC)c1. The van der Waals surface area contributed by atoms with E-state index in [1.165, 1.54) is 61.6 Å². The van der Waals surface area contributed by atoms with Gasteiger partial charge in [-0.15, -0.1) is 0 Å². The number of carbonyl (C=O) groups is 2. The number of anilines is 1. The van der Waals surface area contributed by atoms with Crippen LogP contribution in [0.3, 0.4) is 0 Å². The lowest BCUT2D eigenvalue weighted by molar-refractivity contribution is -0.139. The Kier molecular flexibility index (Phi) is 10.2. The van der Waals surface area contributed by atoms with E-state index in [9.17, 15) is 18.0 Å². The second-order valence-electron chi connectivity index (χ2n) is 8.58. The number of hydrogen-bond donors (Lipinski definition) is 1. The van der Waals surface area contributed by atoms with Gasteiger partial charge in [0.15, 0.2) is 11.5 Å². The number of methoxy groups -OCH3 is 2. The largest absolute Gasteiger partial charge is 0.493 e. The number of rotatable bonds is 12. The molecule has 0 spiro atoms. The predicted molar refractivity (Wildman–Crippen MR) is 151 cm³/mol. The molecule has 2 amide bonds. The molecule has 3 aromatic rings. The summed E-state index contributed by atoms with van der Waals surface area (Å²) in [4.78, 5) is 27.8. The van der Waals surface area contributed by atoms with Gasteiger partial charge in [0.25, 0.3) is 10.0 Å². The Balaban J connectivity index is 2.05. The molecule has 208 valence electrons. The van der Waals surface area contributed by atoms with Crippen molar-refractivity contribution in [1.29, 1.82) is 0 Å². The van der Waals surface area contributed by atoms with E-state index in [1.807, 2.05) is 30.3 Å². The number of nitrogens with one attached hydrogen (secondary N) is 1. The summed E-state index contributed by atoms with van der Waals surface area (Å²) in [6, 6.07) is 18.6. The molecule has 0 radical (unpaired) electrons. The maximum atomic E-state index is 14.0. The topological polar surface area (TPSA) is 105 Å². The molecule has 0 aliphatic heterocycles. The fourth-order valence-electron chi connectivity index (χ4n) is 3.92. The van der Waals surface area contributed by atoms with Gasteiger partial charge in [0.05, 0.1) is 24.8 Å². The first kappa shape index (κ1) is 29.8. The number of amides is 2. The molecule has 3 aromatic carbocycles. The normalized spacial score (nSPS) is 11.8. The van der Waals surface area contributed by atoms with Gasteiger partial charge in [-0.05, 0) is 55.8 Å². The van der Waals surface area contributed by atoms with Crippen LogP contribution in [0.15, 0.2) is 77.7 Å². The molecule has 0 saturated heterocycles. The van der Waals surface area contributed by atoms with Gasteiger partial charge in [0.2, 0.25) is 11.8 Å². The van der Waals surface area contributed by atoms with Gasteiger partial charge in [-0.1, -0.05) is 41.9 Å². The van der Waals surface area contributed by atoms with Gasteiger partial charge < -0.3 is 19.7 Å². The minimum Gasteiger partial charge on any atom is -0.493 e. The van der Waals surface area contributed by atoms with Crippen molar-refractivity contribution in [2.45, 2.75) is 31.3 Å². The smallest absolute Gasteiger partial charge is 0.264 e. The summed E-state index contributed by atoms with van der Waals surface area (Å²) < 4.78 is 39.4. The molecule has 0 saturated carbocycles. The average molecular weight is 574 g/mol. The Labute approximate surface area is 234 Å². The van der Waals surface area contributed by atoms with Crippen LogP contribution in [0.1, 0.15) is 19.4 Å². The average Bonchev–Trinajstić information content (AvgIpc) is 2.94. The quantitative estimate of drug-likeness (QED) is 0.350. The summed E-state index contributed by atoms with van der Waals surface area (Å²) in [5.74, 6) is -0.328. The molecule has 1 unspecified atom stereocenters. The van der Waals surface area contributed by atoms with Crippen LogP contribution in [0.4, 0.5) is 5.69 Å². The maximum Gasteiger partial charge on any atom is 0.264 e. The third-order valence-corrected chi connectivity index (χ3v) is 8.07. The first-order valence-electron chi connectivity index (χ1n) is 12.2. The van der Waals surface area contributed by atoms with Gasteiger partial charge in [-0.2, -0.15) is 0 Å². The highest BCUT2D eigenvalue weighted by Crippen LogP contribution is 2.32. The van der Waals surface area contributed by atoms with Crippen molar-refractivity contribution in [2.75, 3.05) is 31.6 Å². The molecular weight excluding hydrogens is 542 g/mol. The predicted octanol–water partition coefficient (Wildman–Crippen LogP) is 4.11. The number of benzene rings is 3. The monoisotopic (exact) mass is 573 g/mol. The molecule has 0 fully saturated rings. The molecule has 0 aliphatic carbocycles. The van der Waals surface area contributed by atoms with Gasteiger partial charge in [-0.3, -0.25) is 13.9 Å². The second kappa shape index (κ2) is 13.3. The first-order chi connectivity index (χ1) is 18.6. The summed E-state index contributed by atoms with van der Waals surface area (Å²) in [7, 11) is -1.43. The Morgan fingerprint density at radius 3 is 2.18 bits per heavy atom. The number of sulfonamides is 1. The minimum atomic E-state index is -4.28. The van der Waals surface area contributed by atoms with Crippen LogP contribution in [0, 0.1) is 0 Å². The van der Waals surface area contributed by atoms with Gasteiger partial charge in [0.1, 0.15) is 12.6 Å². The molecule has 3 rings (SSSR count). The van der Waals surface area contributed by atoms with Gasteiger partial charge in [-0.25, -0.2) is 8.42 Å². The van der Waals surface area contributed by atoms with Crippen molar-refractivity contribution in [1.82, 2.24) is 10.2 Å². The van der Waals surface area contributed by atoms with Crippen LogP contribution in [-0.2, 0) is 26.2 Å². The van der Waals surface area contributed by atoms with E-state index in [4.69, 9.17) is 21.1 Å². The lowest BCUT2D eigenvalue weighted by Gasteiger charge is -2.32. The lowest BCUT2D eigenvalue weighted by Crippen LogP contribution is -2.51. The number of carbonyl (C=O) groups excluding carboxylic acids is 2. The van der Waals surface area contributed by atoms with E-state index in [1.54, 1.807) is 13.8 Å². The molecular formula is C28H32ClN3O6S. The number of nitrogens with zero attached hydrogens (tertiary/aromatic N) is 2. The highest BCUT2D eigenvalue weighted by molar-refractivity contribution is 7.92. The van der Waals surface area contributed by atoms with Crippen molar-refractivity contribution in [3.05, 3.63) is 83.4 Å². The van der Waals surface area contributed by atoms with Crippen molar-refractivity contribution < 1.29 is 27.5 Å². The fraction of sp³-hybridized carbons (Fsp3) is 0.286. The van der Waals surface area contributed by atoms with Crippen LogP contribution < -0.4 is 19.1 Å². The number of halogens is 1. The zero-order chi connectivity index (χ0) is 28.6. The Hall–Kier alpha value is -3.76. The standard InChI is InChI=1S/C28H32ClN3O6S/c1-5-30-28(34)20(2)31(18-21-9-7-6-8-10-21)27(33)19-32(23-13-11-22(29)12-14-23)39(35,36)24-15-16-25(37-3)26(17-24)38-4/h6-17,20H,5,18-19H2,1-4H3,(H,30,34). The van der Waals surface area contributed by atoms with E-state index in [0.717, 1.165) is 9.87 Å². The van der Waals surface area contributed by atoms with Gasteiger partial charge >= 0.3 is 0 Å². The zero-order valence-electron chi connectivity index (χ0n) is 22.3. The first-order valence-corrected chi connectivity index (χ1v) is 14.1. The highest BCUT2D eigenvalue weighted by atomic mass is 35.5. The molecule has 11 heteroatoms. The van der Waals surface area contributed by atoms with Crippen LogP contribution >= 0.6 is 11.6 Å². The summed E-state index contributed by atoms with van der Waals surface area (Å²) in [6.45, 7) is 3.34. The van der Waals surface area contributed by atoms with E-state index in [-0.39, 0.29) is 28.8 Å². The van der Waals surface area contributed by atoms with Crippen molar-refractivity contribution in [2.24, 2.45) is 0 Å². The van der Waals surface area contributed by atoms with E-state index in [2.05, 4.69) is 5.32 Å².